The minimum atomic E-state index is -3.51. The fraction of sp³-hybridized carbons (Fsp3) is 0.364. The Kier molecular flexibility index (Phi) is 7.42. The van der Waals surface area contributed by atoms with Crippen molar-refractivity contribution in [3.63, 3.8) is 0 Å². The number of ether oxygens (including phenoxy) is 1. The van der Waals surface area contributed by atoms with Crippen molar-refractivity contribution in [2.24, 2.45) is 5.10 Å². The second-order valence-electron chi connectivity index (χ2n) is 7.46. The summed E-state index contributed by atoms with van der Waals surface area (Å²) >= 11 is 0. The molecule has 166 valence electrons. The average molecular weight is 445 g/mol. The van der Waals surface area contributed by atoms with Gasteiger partial charge in [-0.1, -0.05) is 29.8 Å². The average Bonchev–Trinajstić information content (AvgIpc) is 2.78. The normalized spacial score (nSPS) is 16.2. The van der Waals surface area contributed by atoms with E-state index < -0.39 is 10.0 Å². The van der Waals surface area contributed by atoms with Gasteiger partial charge >= 0.3 is 0 Å². The zero-order valence-electron chi connectivity index (χ0n) is 18.0. The number of piperazine rings is 1. The number of methoxy groups -OCH3 is 1. The molecular formula is C22H28N4O4S. The van der Waals surface area contributed by atoms with Crippen LogP contribution in [0.5, 0.6) is 5.75 Å². The third-order valence-corrected chi connectivity index (χ3v) is 7.11. The molecule has 1 fully saturated rings. The van der Waals surface area contributed by atoms with E-state index in [4.69, 9.17) is 4.74 Å². The summed E-state index contributed by atoms with van der Waals surface area (Å²) in [7, 11) is -1.92. The lowest BCUT2D eigenvalue weighted by Crippen LogP contribution is -2.50. The molecule has 0 aromatic heterocycles. The van der Waals surface area contributed by atoms with Gasteiger partial charge in [0, 0.05) is 31.7 Å². The summed E-state index contributed by atoms with van der Waals surface area (Å²) in [6.45, 7) is 5.54. The van der Waals surface area contributed by atoms with Gasteiger partial charge in [0.15, 0.2) is 0 Å². The summed E-state index contributed by atoms with van der Waals surface area (Å²) in [5.41, 5.74) is 5.11. The molecule has 0 unspecified atom stereocenters. The number of carbonyl (C=O) groups is 1. The van der Waals surface area contributed by atoms with Gasteiger partial charge in [-0.05, 0) is 38.1 Å². The van der Waals surface area contributed by atoms with Gasteiger partial charge in [0.05, 0.1) is 24.3 Å². The highest BCUT2D eigenvalue weighted by Crippen LogP contribution is 2.18. The SMILES string of the molecule is COc1cccc(/C(C)=N\NC(=O)CN2CCN(S(=O)(=O)c3ccc(C)cc3)CC2)c1. The molecular weight excluding hydrogens is 416 g/mol. The fourth-order valence-electron chi connectivity index (χ4n) is 3.28. The first-order valence-corrected chi connectivity index (χ1v) is 11.5. The summed E-state index contributed by atoms with van der Waals surface area (Å²) in [5, 5.41) is 4.16. The standard InChI is InChI=1S/C22H28N4O4S/c1-17-7-9-21(10-8-17)31(28,29)26-13-11-25(12-14-26)16-22(27)24-23-18(2)19-5-4-6-20(15-19)30-3/h4-10,15H,11-14,16H2,1-3H3,(H,24,27)/b23-18-. The van der Waals surface area contributed by atoms with Crippen LogP contribution in [-0.4, -0.2) is 69.1 Å². The van der Waals surface area contributed by atoms with E-state index in [1.807, 2.05) is 43.0 Å². The number of sulfonamides is 1. The van der Waals surface area contributed by atoms with Crippen LogP contribution in [0.25, 0.3) is 0 Å². The quantitative estimate of drug-likeness (QED) is 0.520. The first-order chi connectivity index (χ1) is 14.8. The van der Waals surface area contributed by atoms with E-state index >= 15 is 0 Å². The van der Waals surface area contributed by atoms with Crippen LogP contribution in [0, 0.1) is 6.92 Å². The molecule has 2 aromatic carbocycles. The van der Waals surface area contributed by atoms with Gasteiger partial charge in [-0.15, -0.1) is 0 Å². The Bertz CT molecular complexity index is 1040. The molecule has 3 rings (SSSR count). The lowest BCUT2D eigenvalue weighted by atomic mass is 10.1. The highest BCUT2D eigenvalue weighted by atomic mass is 32.2. The monoisotopic (exact) mass is 444 g/mol. The molecule has 1 heterocycles. The summed E-state index contributed by atoms with van der Waals surface area (Å²) in [6, 6.07) is 14.3. The van der Waals surface area contributed by atoms with Crippen LogP contribution in [0.3, 0.4) is 0 Å². The number of aryl methyl sites for hydroxylation is 1. The Morgan fingerprint density at radius 2 is 1.77 bits per heavy atom. The number of benzene rings is 2. The Morgan fingerprint density at radius 1 is 1.10 bits per heavy atom. The maximum atomic E-state index is 12.8. The van der Waals surface area contributed by atoms with Crippen LogP contribution in [-0.2, 0) is 14.8 Å². The molecule has 1 saturated heterocycles. The third-order valence-electron chi connectivity index (χ3n) is 5.19. The molecule has 0 radical (unpaired) electrons. The minimum absolute atomic E-state index is 0.160. The minimum Gasteiger partial charge on any atom is -0.497 e. The van der Waals surface area contributed by atoms with Crippen LogP contribution in [0.2, 0.25) is 0 Å². The molecule has 1 aliphatic heterocycles. The van der Waals surface area contributed by atoms with Crippen LogP contribution in [0.15, 0.2) is 58.5 Å². The Morgan fingerprint density at radius 3 is 2.42 bits per heavy atom. The Labute approximate surface area is 183 Å². The topological polar surface area (TPSA) is 91.3 Å². The zero-order chi connectivity index (χ0) is 22.4. The highest BCUT2D eigenvalue weighted by Gasteiger charge is 2.28. The molecule has 1 amide bonds. The number of hydrazone groups is 1. The number of nitrogens with zero attached hydrogens (tertiary/aromatic N) is 3. The summed E-state index contributed by atoms with van der Waals surface area (Å²) in [6.07, 6.45) is 0. The smallest absolute Gasteiger partial charge is 0.254 e. The number of carbonyl (C=O) groups excluding carboxylic acids is 1. The number of hydrogen-bond donors (Lipinski definition) is 1. The van der Waals surface area contributed by atoms with Crippen LogP contribution >= 0.6 is 0 Å². The van der Waals surface area contributed by atoms with Crippen molar-refractivity contribution in [1.82, 2.24) is 14.6 Å². The lowest BCUT2D eigenvalue weighted by molar-refractivity contribution is -0.122. The summed E-state index contributed by atoms with van der Waals surface area (Å²) in [5.74, 6) is 0.480. The van der Waals surface area contributed by atoms with Crippen molar-refractivity contribution in [2.45, 2.75) is 18.7 Å². The van der Waals surface area contributed by atoms with Gasteiger partial charge in [-0.2, -0.15) is 9.41 Å². The number of nitrogens with one attached hydrogen (secondary N) is 1. The van der Waals surface area contributed by atoms with E-state index in [9.17, 15) is 13.2 Å². The van der Waals surface area contributed by atoms with Crippen molar-refractivity contribution in [2.75, 3.05) is 39.8 Å². The molecule has 0 atom stereocenters. The highest BCUT2D eigenvalue weighted by molar-refractivity contribution is 7.89. The second-order valence-corrected chi connectivity index (χ2v) is 9.40. The van der Waals surface area contributed by atoms with Gasteiger partial charge in [-0.3, -0.25) is 9.69 Å². The third kappa shape index (κ3) is 5.90. The number of hydrogen-bond acceptors (Lipinski definition) is 6. The molecule has 1 N–H and O–H groups in total. The fourth-order valence-corrected chi connectivity index (χ4v) is 4.71. The summed E-state index contributed by atoms with van der Waals surface area (Å²) < 4.78 is 32.2. The van der Waals surface area contributed by atoms with Crippen molar-refractivity contribution in [3.05, 3.63) is 59.7 Å². The Balaban J connectivity index is 1.51. The molecule has 31 heavy (non-hydrogen) atoms. The predicted octanol–water partition coefficient (Wildman–Crippen LogP) is 1.85. The van der Waals surface area contributed by atoms with Gasteiger partial charge < -0.3 is 4.74 Å². The first kappa shape index (κ1) is 22.9. The van der Waals surface area contributed by atoms with E-state index in [0.29, 0.717) is 36.8 Å². The first-order valence-electron chi connectivity index (χ1n) is 10.1. The molecule has 0 bridgehead atoms. The van der Waals surface area contributed by atoms with Gasteiger partial charge in [-0.25, -0.2) is 13.8 Å². The maximum absolute atomic E-state index is 12.8. The molecule has 1 aliphatic rings. The maximum Gasteiger partial charge on any atom is 0.254 e. The lowest BCUT2D eigenvalue weighted by Gasteiger charge is -2.33. The second kappa shape index (κ2) is 10.0. The zero-order valence-corrected chi connectivity index (χ0v) is 18.9. The van der Waals surface area contributed by atoms with Crippen molar-refractivity contribution >= 4 is 21.6 Å². The molecule has 0 spiro atoms. The molecule has 2 aromatic rings. The van der Waals surface area contributed by atoms with Crippen LogP contribution < -0.4 is 10.2 Å². The van der Waals surface area contributed by atoms with E-state index in [1.54, 1.807) is 31.4 Å². The number of rotatable bonds is 7. The molecule has 9 heteroatoms. The molecule has 0 saturated carbocycles. The van der Waals surface area contributed by atoms with E-state index in [-0.39, 0.29) is 12.5 Å². The molecule has 0 aliphatic carbocycles. The number of amides is 1. The predicted molar refractivity (Wildman–Crippen MR) is 120 cm³/mol. The van der Waals surface area contributed by atoms with Crippen molar-refractivity contribution in [3.8, 4) is 5.75 Å². The van der Waals surface area contributed by atoms with Gasteiger partial charge in [0.1, 0.15) is 5.75 Å². The van der Waals surface area contributed by atoms with E-state index in [0.717, 1.165) is 16.9 Å². The van der Waals surface area contributed by atoms with Crippen LogP contribution in [0.1, 0.15) is 18.1 Å². The largest absolute Gasteiger partial charge is 0.497 e. The summed E-state index contributed by atoms with van der Waals surface area (Å²) in [4.78, 5) is 14.5. The van der Waals surface area contributed by atoms with E-state index in [1.165, 1.54) is 4.31 Å². The van der Waals surface area contributed by atoms with Crippen LogP contribution in [0.4, 0.5) is 0 Å². The molecule has 8 nitrogen and oxygen atoms in total. The van der Waals surface area contributed by atoms with Crippen molar-refractivity contribution in [1.29, 1.82) is 0 Å². The van der Waals surface area contributed by atoms with Gasteiger partial charge in [0.25, 0.3) is 5.91 Å². The van der Waals surface area contributed by atoms with E-state index in [2.05, 4.69) is 10.5 Å². The van der Waals surface area contributed by atoms with Crippen molar-refractivity contribution < 1.29 is 17.9 Å². The Hall–Kier alpha value is -2.75. The van der Waals surface area contributed by atoms with Gasteiger partial charge in [0.2, 0.25) is 10.0 Å².